The normalized spacial score (nSPS) is 10.1. The van der Waals surface area contributed by atoms with E-state index in [9.17, 15) is 9.59 Å². The Balaban J connectivity index is 1.39. The maximum atomic E-state index is 11.8. The molecule has 0 saturated heterocycles. The molecule has 1 amide bonds. The summed E-state index contributed by atoms with van der Waals surface area (Å²) in [5, 5.41) is 6.34. The van der Waals surface area contributed by atoms with E-state index in [1.54, 1.807) is 36.4 Å². The predicted molar refractivity (Wildman–Crippen MR) is 113 cm³/mol. The molecule has 0 unspecified atom stereocenters. The van der Waals surface area contributed by atoms with Gasteiger partial charge in [-0.1, -0.05) is 35.9 Å². The zero-order valence-electron chi connectivity index (χ0n) is 15.4. The standard InChI is InChI=1S/C22H19ClN2O4/c23-16-5-4-8-19(13-16)25-21(26)14-29-22(27)15-28-20-11-9-18(10-12-20)24-17-6-2-1-3-7-17/h1-13,24H,14-15H2,(H,25,26). The van der Waals surface area contributed by atoms with Crippen LogP contribution in [0.5, 0.6) is 5.75 Å². The lowest BCUT2D eigenvalue weighted by Crippen LogP contribution is -2.23. The third-order valence-corrected chi connectivity index (χ3v) is 3.98. The molecule has 0 spiro atoms. The molecule has 3 rings (SSSR count). The quantitative estimate of drug-likeness (QED) is 0.529. The van der Waals surface area contributed by atoms with Gasteiger partial charge in [-0.3, -0.25) is 4.79 Å². The summed E-state index contributed by atoms with van der Waals surface area (Å²) in [6, 6.07) is 23.6. The van der Waals surface area contributed by atoms with Crippen LogP contribution in [0.4, 0.5) is 17.1 Å². The van der Waals surface area contributed by atoms with E-state index in [1.165, 1.54) is 0 Å². The van der Waals surface area contributed by atoms with Gasteiger partial charge in [0.2, 0.25) is 0 Å². The lowest BCUT2D eigenvalue weighted by Gasteiger charge is -2.09. The van der Waals surface area contributed by atoms with Crippen LogP contribution in [-0.2, 0) is 14.3 Å². The van der Waals surface area contributed by atoms with Gasteiger partial charge in [0.05, 0.1) is 0 Å². The topological polar surface area (TPSA) is 76.7 Å². The Kier molecular flexibility index (Phi) is 7.08. The Bertz CT molecular complexity index is 962. The van der Waals surface area contributed by atoms with E-state index in [4.69, 9.17) is 21.1 Å². The molecule has 3 aromatic rings. The average molecular weight is 411 g/mol. The SMILES string of the molecule is O=C(COC(=O)COc1ccc(Nc2ccccc2)cc1)Nc1cccc(Cl)c1. The maximum absolute atomic E-state index is 11.8. The van der Waals surface area contributed by atoms with Crippen molar-refractivity contribution < 1.29 is 19.1 Å². The summed E-state index contributed by atoms with van der Waals surface area (Å²) in [7, 11) is 0. The number of para-hydroxylation sites is 1. The zero-order valence-corrected chi connectivity index (χ0v) is 16.2. The van der Waals surface area contributed by atoms with Gasteiger partial charge in [-0.25, -0.2) is 4.79 Å². The molecule has 0 aliphatic heterocycles. The molecule has 2 N–H and O–H groups in total. The highest BCUT2D eigenvalue weighted by Crippen LogP contribution is 2.20. The largest absolute Gasteiger partial charge is 0.482 e. The van der Waals surface area contributed by atoms with Gasteiger partial charge in [0, 0.05) is 22.1 Å². The van der Waals surface area contributed by atoms with Crippen molar-refractivity contribution in [2.24, 2.45) is 0 Å². The summed E-state index contributed by atoms with van der Waals surface area (Å²) in [4.78, 5) is 23.6. The van der Waals surface area contributed by atoms with Crippen molar-refractivity contribution >= 4 is 40.5 Å². The first kappa shape index (κ1) is 20.2. The second kappa shape index (κ2) is 10.1. The lowest BCUT2D eigenvalue weighted by atomic mass is 10.2. The summed E-state index contributed by atoms with van der Waals surface area (Å²) < 4.78 is 10.3. The second-order valence-corrected chi connectivity index (χ2v) is 6.46. The number of rotatable bonds is 8. The number of benzene rings is 3. The highest BCUT2D eigenvalue weighted by atomic mass is 35.5. The molecule has 3 aromatic carbocycles. The third-order valence-electron chi connectivity index (χ3n) is 3.75. The highest BCUT2D eigenvalue weighted by molar-refractivity contribution is 6.30. The molecule has 0 aliphatic carbocycles. The summed E-state index contributed by atoms with van der Waals surface area (Å²) >= 11 is 5.85. The summed E-state index contributed by atoms with van der Waals surface area (Å²) in [6.45, 7) is -0.704. The van der Waals surface area contributed by atoms with Crippen LogP contribution in [0, 0.1) is 0 Å². The van der Waals surface area contributed by atoms with Crippen LogP contribution in [0.3, 0.4) is 0 Å². The molecule has 0 bridgehead atoms. The lowest BCUT2D eigenvalue weighted by molar-refractivity contribution is -0.149. The Morgan fingerprint density at radius 2 is 1.48 bits per heavy atom. The van der Waals surface area contributed by atoms with Gasteiger partial charge in [0.1, 0.15) is 5.75 Å². The number of halogens is 1. The number of ether oxygens (including phenoxy) is 2. The van der Waals surface area contributed by atoms with Crippen molar-refractivity contribution in [2.75, 3.05) is 23.8 Å². The van der Waals surface area contributed by atoms with Crippen LogP contribution < -0.4 is 15.4 Å². The maximum Gasteiger partial charge on any atom is 0.344 e. The predicted octanol–water partition coefficient (Wildman–Crippen LogP) is 4.64. The number of anilines is 3. The van der Waals surface area contributed by atoms with Crippen molar-refractivity contribution in [3.8, 4) is 5.75 Å². The summed E-state index contributed by atoms with van der Waals surface area (Å²) in [5.41, 5.74) is 2.39. The van der Waals surface area contributed by atoms with Crippen molar-refractivity contribution in [1.82, 2.24) is 0 Å². The molecule has 0 atom stereocenters. The van der Waals surface area contributed by atoms with E-state index in [0.29, 0.717) is 16.5 Å². The minimum Gasteiger partial charge on any atom is -0.482 e. The molecule has 0 saturated carbocycles. The number of carbonyl (C=O) groups is 2. The van der Waals surface area contributed by atoms with Gasteiger partial charge in [-0.2, -0.15) is 0 Å². The number of hydrogen-bond acceptors (Lipinski definition) is 5. The summed E-state index contributed by atoms with van der Waals surface area (Å²) in [5.74, 6) is -0.585. The molecule has 0 heterocycles. The molecule has 148 valence electrons. The molecule has 7 heteroatoms. The molecule has 0 aliphatic rings. The molecule has 0 radical (unpaired) electrons. The average Bonchev–Trinajstić information content (AvgIpc) is 2.72. The number of nitrogens with one attached hydrogen (secondary N) is 2. The fraction of sp³-hybridized carbons (Fsp3) is 0.0909. The number of hydrogen-bond donors (Lipinski definition) is 2. The Morgan fingerprint density at radius 1 is 0.793 bits per heavy atom. The van der Waals surface area contributed by atoms with Gasteiger partial charge in [0.25, 0.3) is 5.91 Å². The molecule has 29 heavy (non-hydrogen) atoms. The van der Waals surface area contributed by atoms with Crippen molar-refractivity contribution in [1.29, 1.82) is 0 Å². The van der Waals surface area contributed by atoms with Gasteiger partial charge in [-0.05, 0) is 54.6 Å². The highest BCUT2D eigenvalue weighted by Gasteiger charge is 2.09. The van der Waals surface area contributed by atoms with Crippen molar-refractivity contribution in [3.63, 3.8) is 0 Å². The number of carbonyl (C=O) groups excluding carboxylic acids is 2. The molecular weight excluding hydrogens is 392 g/mol. The first-order valence-electron chi connectivity index (χ1n) is 8.84. The smallest absolute Gasteiger partial charge is 0.344 e. The Labute approximate surface area is 173 Å². The van der Waals surface area contributed by atoms with Crippen molar-refractivity contribution in [2.45, 2.75) is 0 Å². The molecule has 6 nitrogen and oxygen atoms in total. The second-order valence-electron chi connectivity index (χ2n) is 6.02. The van der Waals surface area contributed by atoms with E-state index in [0.717, 1.165) is 11.4 Å². The first-order valence-corrected chi connectivity index (χ1v) is 9.22. The van der Waals surface area contributed by atoms with Gasteiger partial charge in [0.15, 0.2) is 13.2 Å². The van der Waals surface area contributed by atoms with E-state index < -0.39 is 18.5 Å². The molecule has 0 aromatic heterocycles. The van der Waals surface area contributed by atoms with E-state index in [1.807, 2.05) is 42.5 Å². The van der Waals surface area contributed by atoms with E-state index >= 15 is 0 Å². The van der Waals surface area contributed by atoms with E-state index in [2.05, 4.69) is 10.6 Å². The fourth-order valence-electron chi connectivity index (χ4n) is 2.42. The third kappa shape index (κ3) is 6.86. The fourth-order valence-corrected chi connectivity index (χ4v) is 2.61. The summed E-state index contributed by atoms with van der Waals surface area (Å²) in [6.07, 6.45) is 0. The van der Waals surface area contributed by atoms with Crippen LogP contribution in [0.15, 0.2) is 78.9 Å². The number of amides is 1. The zero-order chi connectivity index (χ0) is 20.5. The van der Waals surface area contributed by atoms with Crippen LogP contribution in [0.2, 0.25) is 5.02 Å². The Morgan fingerprint density at radius 3 is 2.21 bits per heavy atom. The van der Waals surface area contributed by atoms with E-state index in [-0.39, 0.29) is 6.61 Å². The minimum absolute atomic E-state index is 0.296. The molecule has 0 fully saturated rings. The van der Waals surface area contributed by atoms with Crippen LogP contribution in [-0.4, -0.2) is 25.1 Å². The van der Waals surface area contributed by atoms with Crippen molar-refractivity contribution in [3.05, 3.63) is 83.9 Å². The Hall–Kier alpha value is -3.51. The molecular formula is C22H19ClN2O4. The van der Waals surface area contributed by atoms with Gasteiger partial charge in [-0.15, -0.1) is 0 Å². The number of esters is 1. The van der Waals surface area contributed by atoms with Gasteiger partial charge < -0.3 is 20.1 Å². The van der Waals surface area contributed by atoms with Crippen LogP contribution in [0.1, 0.15) is 0 Å². The van der Waals surface area contributed by atoms with Crippen LogP contribution >= 0.6 is 11.6 Å². The first-order chi connectivity index (χ1) is 14.1. The monoisotopic (exact) mass is 410 g/mol. The van der Waals surface area contributed by atoms with Crippen LogP contribution in [0.25, 0.3) is 0 Å². The minimum atomic E-state index is -0.641. The van der Waals surface area contributed by atoms with Gasteiger partial charge >= 0.3 is 5.97 Å².